The summed E-state index contributed by atoms with van der Waals surface area (Å²) in [5.74, 6) is 0.612. The Balaban J connectivity index is 0.000000467. The number of rotatable bonds is 8. The van der Waals surface area contributed by atoms with E-state index in [1.807, 2.05) is 18.2 Å². The topological polar surface area (TPSA) is 43.7 Å². The molecule has 0 aliphatic heterocycles. The molecule has 2 atom stereocenters. The summed E-state index contributed by atoms with van der Waals surface area (Å²) in [6, 6.07) is 6.49. The molecule has 0 heterocycles. The van der Waals surface area contributed by atoms with Gasteiger partial charge in [0.05, 0.1) is 6.61 Å². The van der Waals surface area contributed by atoms with Gasteiger partial charge in [-0.2, -0.15) is 0 Å². The first kappa shape index (κ1) is 24.2. The first-order chi connectivity index (χ1) is 13.4. The molecule has 0 aromatic heterocycles. The van der Waals surface area contributed by atoms with Crippen LogP contribution in [0.15, 0.2) is 54.7 Å². The SMILES string of the molecule is C1=CC=CCC=C1.CCC(C)N(CCC(C)c1cc(CO)ccc1O)C(C)C. The van der Waals surface area contributed by atoms with Crippen molar-refractivity contribution in [2.24, 2.45) is 0 Å². The highest BCUT2D eigenvalue weighted by Crippen LogP contribution is 2.29. The molecule has 0 radical (unpaired) electrons. The standard InChI is InChI=1S/C18H31NO2.C7H8/c1-6-15(5)19(13(2)3)10-9-14(4)17-11-16(12-20)7-8-18(17)21;1-2-4-6-7-5-3-1/h7-8,11,13-15,20-21H,6,9-10,12H2,1-5H3;1-6H,7H2. The number of aliphatic hydroxyl groups is 1. The normalized spacial score (nSPS) is 15.3. The van der Waals surface area contributed by atoms with Crippen LogP contribution in [-0.4, -0.2) is 33.7 Å². The number of nitrogens with zero attached hydrogens (tertiary/aromatic N) is 1. The number of allylic oxidation sites excluding steroid dienone is 6. The molecule has 156 valence electrons. The molecule has 0 spiro atoms. The Morgan fingerprint density at radius 1 is 1.00 bits per heavy atom. The fraction of sp³-hybridized carbons (Fsp3) is 0.520. The van der Waals surface area contributed by atoms with E-state index in [0.717, 1.165) is 36.9 Å². The zero-order valence-electron chi connectivity index (χ0n) is 18.3. The van der Waals surface area contributed by atoms with Gasteiger partial charge in [0.1, 0.15) is 5.75 Å². The Morgan fingerprint density at radius 3 is 2.18 bits per heavy atom. The lowest BCUT2D eigenvalue weighted by atomic mass is 9.94. The number of aliphatic hydroxyl groups excluding tert-OH is 1. The van der Waals surface area contributed by atoms with Crippen LogP contribution in [0, 0.1) is 0 Å². The van der Waals surface area contributed by atoms with Crippen molar-refractivity contribution < 1.29 is 10.2 Å². The summed E-state index contributed by atoms with van der Waals surface area (Å²) in [4.78, 5) is 2.52. The van der Waals surface area contributed by atoms with E-state index in [2.05, 4.69) is 63.8 Å². The minimum Gasteiger partial charge on any atom is -0.508 e. The number of aromatic hydroxyl groups is 1. The second kappa shape index (κ2) is 13.4. The highest BCUT2D eigenvalue weighted by Gasteiger charge is 2.18. The van der Waals surface area contributed by atoms with Crippen LogP contribution < -0.4 is 0 Å². The van der Waals surface area contributed by atoms with Gasteiger partial charge in [-0.05, 0) is 75.8 Å². The quantitative estimate of drug-likeness (QED) is 0.581. The molecular weight excluding hydrogens is 346 g/mol. The van der Waals surface area contributed by atoms with E-state index in [4.69, 9.17) is 0 Å². The van der Waals surface area contributed by atoms with Gasteiger partial charge in [0.2, 0.25) is 0 Å². The van der Waals surface area contributed by atoms with Crippen LogP contribution in [-0.2, 0) is 6.61 Å². The summed E-state index contributed by atoms with van der Waals surface area (Å²) < 4.78 is 0. The monoisotopic (exact) mass is 385 g/mol. The molecule has 1 aliphatic rings. The van der Waals surface area contributed by atoms with E-state index in [9.17, 15) is 10.2 Å². The van der Waals surface area contributed by atoms with E-state index in [0.29, 0.717) is 17.8 Å². The summed E-state index contributed by atoms with van der Waals surface area (Å²) in [5.41, 5.74) is 1.80. The Bertz CT molecular complexity index is 632. The van der Waals surface area contributed by atoms with Gasteiger partial charge in [0.25, 0.3) is 0 Å². The van der Waals surface area contributed by atoms with Gasteiger partial charge in [0.15, 0.2) is 0 Å². The molecule has 1 aromatic carbocycles. The number of hydrogen-bond acceptors (Lipinski definition) is 3. The lowest BCUT2D eigenvalue weighted by molar-refractivity contribution is 0.155. The number of benzene rings is 1. The third-order valence-corrected chi connectivity index (χ3v) is 5.32. The maximum atomic E-state index is 10.0. The first-order valence-electron chi connectivity index (χ1n) is 10.6. The summed E-state index contributed by atoms with van der Waals surface area (Å²) in [6.45, 7) is 12.2. The van der Waals surface area contributed by atoms with E-state index < -0.39 is 0 Å². The Labute approximate surface area is 172 Å². The lowest BCUT2D eigenvalue weighted by Crippen LogP contribution is -2.39. The van der Waals surface area contributed by atoms with Crippen molar-refractivity contribution in [3.63, 3.8) is 0 Å². The average molecular weight is 386 g/mol. The van der Waals surface area contributed by atoms with Crippen molar-refractivity contribution in [1.82, 2.24) is 4.90 Å². The Kier molecular flexibility index (Phi) is 11.5. The van der Waals surface area contributed by atoms with Gasteiger partial charge in [-0.3, -0.25) is 4.90 Å². The molecule has 1 aliphatic carbocycles. The molecule has 1 aromatic rings. The summed E-state index contributed by atoms with van der Waals surface area (Å²) in [6.07, 6.45) is 15.7. The molecule has 2 unspecified atom stereocenters. The van der Waals surface area contributed by atoms with Crippen LogP contribution in [0.4, 0.5) is 0 Å². The van der Waals surface area contributed by atoms with E-state index in [1.165, 1.54) is 0 Å². The van der Waals surface area contributed by atoms with Crippen molar-refractivity contribution in [2.45, 2.75) is 78.5 Å². The van der Waals surface area contributed by atoms with Crippen molar-refractivity contribution in [3.05, 3.63) is 65.8 Å². The van der Waals surface area contributed by atoms with Crippen LogP contribution >= 0.6 is 0 Å². The fourth-order valence-electron chi connectivity index (χ4n) is 3.34. The minimum atomic E-state index is 0.0188. The molecule has 0 bridgehead atoms. The van der Waals surface area contributed by atoms with Crippen LogP contribution in [0.5, 0.6) is 5.75 Å². The number of phenols is 1. The summed E-state index contributed by atoms with van der Waals surface area (Å²) in [7, 11) is 0. The maximum Gasteiger partial charge on any atom is 0.119 e. The molecule has 3 heteroatoms. The molecule has 0 saturated carbocycles. The largest absolute Gasteiger partial charge is 0.508 e. The second-order valence-electron chi connectivity index (χ2n) is 7.81. The molecular formula is C25H39NO2. The van der Waals surface area contributed by atoms with Crippen LogP contribution in [0.1, 0.15) is 70.9 Å². The van der Waals surface area contributed by atoms with Crippen molar-refractivity contribution in [2.75, 3.05) is 6.54 Å². The van der Waals surface area contributed by atoms with Gasteiger partial charge in [0, 0.05) is 12.1 Å². The fourth-order valence-corrected chi connectivity index (χ4v) is 3.34. The van der Waals surface area contributed by atoms with E-state index in [1.54, 1.807) is 12.1 Å². The third kappa shape index (κ3) is 8.45. The molecule has 2 N–H and O–H groups in total. The highest BCUT2D eigenvalue weighted by atomic mass is 16.3. The molecule has 3 nitrogen and oxygen atoms in total. The van der Waals surface area contributed by atoms with Crippen molar-refractivity contribution >= 4 is 0 Å². The summed E-state index contributed by atoms with van der Waals surface area (Å²) in [5, 5.41) is 19.3. The predicted molar refractivity (Wildman–Crippen MR) is 121 cm³/mol. The van der Waals surface area contributed by atoms with Crippen LogP contribution in [0.2, 0.25) is 0 Å². The maximum absolute atomic E-state index is 10.0. The molecule has 28 heavy (non-hydrogen) atoms. The smallest absolute Gasteiger partial charge is 0.119 e. The van der Waals surface area contributed by atoms with E-state index in [-0.39, 0.29) is 12.5 Å². The molecule has 2 rings (SSSR count). The van der Waals surface area contributed by atoms with Gasteiger partial charge >= 0.3 is 0 Å². The van der Waals surface area contributed by atoms with Gasteiger partial charge in [-0.15, -0.1) is 0 Å². The Morgan fingerprint density at radius 2 is 1.64 bits per heavy atom. The predicted octanol–water partition coefficient (Wildman–Crippen LogP) is 5.95. The van der Waals surface area contributed by atoms with Crippen LogP contribution in [0.3, 0.4) is 0 Å². The number of phenolic OH excluding ortho intramolecular Hbond substituents is 1. The zero-order chi connectivity index (χ0) is 20.9. The number of hydrogen-bond donors (Lipinski definition) is 2. The van der Waals surface area contributed by atoms with Gasteiger partial charge < -0.3 is 10.2 Å². The van der Waals surface area contributed by atoms with E-state index >= 15 is 0 Å². The van der Waals surface area contributed by atoms with Crippen molar-refractivity contribution in [3.8, 4) is 5.75 Å². The second-order valence-corrected chi connectivity index (χ2v) is 7.81. The van der Waals surface area contributed by atoms with Crippen LogP contribution in [0.25, 0.3) is 0 Å². The molecule has 0 amide bonds. The molecule has 0 saturated heterocycles. The lowest BCUT2D eigenvalue weighted by Gasteiger charge is -2.33. The Hall–Kier alpha value is -1.84. The zero-order valence-corrected chi connectivity index (χ0v) is 18.3. The average Bonchev–Trinajstić information content (AvgIpc) is 3.01. The summed E-state index contributed by atoms with van der Waals surface area (Å²) >= 11 is 0. The van der Waals surface area contributed by atoms with Gasteiger partial charge in [-0.25, -0.2) is 0 Å². The highest BCUT2D eigenvalue weighted by molar-refractivity contribution is 5.38. The van der Waals surface area contributed by atoms with Crippen molar-refractivity contribution in [1.29, 1.82) is 0 Å². The third-order valence-electron chi connectivity index (χ3n) is 5.32. The van der Waals surface area contributed by atoms with Gasteiger partial charge in [-0.1, -0.05) is 56.4 Å². The molecule has 0 fully saturated rings. The minimum absolute atomic E-state index is 0.0188. The first-order valence-corrected chi connectivity index (χ1v) is 10.6.